The number of nitrogens with two attached hydrogens (primary N) is 3. The van der Waals surface area contributed by atoms with Crippen LogP contribution < -0.4 is 59.7 Å². The Morgan fingerprint density at radius 1 is 0.507 bits per heavy atom. The topological polar surface area (TPSA) is 477 Å². The van der Waals surface area contributed by atoms with Gasteiger partial charge in [0, 0.05) is 25.7 Å². The molecule has 0 aliphatic carbocycles. The predicted octanol–water partition coefficient (Wildman–Crippen LogP) is -5.29. The van der Waals surface area contributed by atoms with Gasteiger partial charge < -0.3 is 80.2 Å². The van der Waals surface area contributed by atoms with E-state index in [0.717, 1.165) is 0 Å². The number of aliphatic carboxylic acids is 3. The lowest BCUT2D eigenvalue weighted by Gasteiger charge is -2.28. The van der Waals surface area contributed by atoms with E-state index in [0.29, 0.717) is 12.8 Å². The maximum absolute atomic E-state index is 13.9. The molecule has 0 aromatic heterocycles. The van der Waals surface area contributed by atoms with Crippen LogP contribution in [0, 0.1) is 5.92 Å². The fourth-order valence-electron chi connectivity index (χ4n) is 6.14. The van der Waals surface area contributed by atoms with Crippen LogP contribution >= 0.6 is 11.8 Å². The molecule has 9 amide bonds. The second-order valence-corrected chi connectivity index (χ2v) is 17.6. The van der Waals surface area contributed by atoms with Crippen LogP contribution in [0.2, 0.25) is 0 Å². The molecule has 9 atom stereocenters. The average Bonchev–Trinajstić information content (AvgIpc) is 3.30. The minimum atomic E-state index is -1.83. The number of hydrogen-bond donors (Lipinski definition) is 15. The number of aliphatic hydroxyl groups excluding tert-OH is 1. The molecule has 0 spiro atoms. The van der Waals surface area contributed by atoms with Crippen molar-refractivity contribution in [1.29, 1.82) is 0 Å². The lowest BCUT2D eigenvalue weighted by molar-refractivity contribution is -0.140. The van der Waals surface area contributed by atoms with E-state index < -0.39 is 183 Å². The number of carbonyl (C=O) groups is 12. The number of amides is 9. The van der Waals surface area contributed by atoms with E-state index in [1.807, 2.05) is 0 Å². The van der Waals surface area contributed by atoms with Crippen LogP contribution in [-0.2, 0) is 62.3 Å². The molecule has 1 radical (unpaired) electrons. The molecule has 71 heavy (non-hydrogen) atoms. The Balaban J connectivity index is 6.75. The van der Waals surface area contributed by atoms with Crippen molar-refractivity contribution >= 4 is 89.1 Å². The summed E-state index contributed by atoms with van der Waals surface area (Å²) in [7, 11) is 0. The Labute approximate surface area is 414 Å². The molecule has 28 nitrogen and oxygen atoms in total. The van der Waals surface area contributed by atoms with E-state index in [-0.39, 0.29) is 31.1 Å². The Kier molecular flexibility index (Phi) is 31.6. The van der Waals surface area contributed by atoms with Gasteiger partial charge in [0.2, 0.25) is 59.5 Å². The van der Waals surface area contributed by atoms with Gasteiger partial charge >= 0.3 is 17.9 Å². The van der Waals surface area contributed by atoms with Crippen molar-refractivity contribution < 1.29 is 82.8 Å². The summed E-state index contributed by atoms with van der Waals surface area (Å²) in [6.07, 6.45) is -1.02. The molecule has 0 heterocycles. The average molecular weight is 1030 g/mol. The third-order valence-corrected chi connectivity index (χ3v) is 11.0. The van der Waals surface area contributed by atoms with E-state index in [1.54, 1.807) is 26.4 Å². The van der Waals surface area contributed by atoms with Crippen LogP contribution in [0.15, 0.2) is 0 Å². The normalized spacial score (nSPS) is 14.8. The van der Waals surface area contributed by atoms with Gasteiger partial charge in [-0.2, -0.15) is 11.8 Å². The molecule has 0 aromatic carbocycles. The van der Waals surface area contributed by atoms with Crippen LogP contribution in [0.25, 0.3) is 0 Å². The fraction of sp³-hybridized carbons (Fsp3) is 0.690. The van der Waals surface area contributed by atoms with Crippen molar-refractivity contribution in [2.75, 3.05) is 25.2 Å². The van der Waals surface area contributed by atoms with Crippen molar-refractivity contribution in [2.24, 2.45) is 23.1 Å². The van der Waals surface area contributed by atoms with E-state index in [9.17, 15) is 82.8 Å². The maximum Gasteiger partial charge on any atom is 0.303 e. The molecule has 401 valence electrons. The van der Waals surface area contributed by atoms with Crippen LogP contribution in [0.4, 0.5) is 0 Å². The Morgan fingerprint density at radius 3 is 1.18 bits per heavy atom. The smallest absolute Gasteiger partial charge is 0.303 e. The van der Waals surface area contributed by atoms with Crippen LogP contribution in [0.1, 0.15) is 97.8 Å². The number of nitrogens with one attached hydrogen (secondary N) is 8. The zero-order valence-electron chi connectivity index (χ0n) is 40.1. The Morgan fingerprint density at radius 2 is 0.859 bits per heavy atom. The summed E-state index contributed by atoms with van der Waals surface area (Å²) in [5.74, 6) is -13.6. The second-order valence-electron chi connectivity index (χ2n) is 16.6. The van der Waals surface area contributed by atoms with Gasteiger partial charge in [0.1, 0.15) is 48.3 Å². The summed E-state index contributed by atoms with van der Waals surface area (Å²) >= 11 is 1.23. The molecule has 29 heteroatoms. The lowest BCUT2D eigenvalue weighted by atomic mass is 10.0. The number of thioether (sulfide) groups is 1. The van der Waals surface area contributed by atoms with Crippen molar-refractivity contribution in [3.8, 4) is 0 Å². The number of unbranched alkanes of at least 4 members (excludes halogenated alkanes) is 1. The molecule has 0 bridgehead atoms. The molecular weight excluding hydrogens is 963 g/mol. The number of carbonyl (C=O) groups excluding carboxylic acids is 10. The Hall–Kier alpha value is -6.46. The highest BCUT2D eigenvalue weighted by atomic mass is 32.2. The summed E-state index contributed by atoms with van der Waals surface area (Å²) in [6, 6.07) is -13.5. The second kappa shape index (κ2) is 34.8. The number of aliphatic hydroxyl groups is 1. The van der Waals surface area contributed by atoms with Gasteiger partial charge in [-0.05, 0) is 82.8 Å². The number of carboxylic acid groups (broad SMARTS) is 3. The minimum absolute atomic E-state index is 0.0107. The molecule has 0 rings (SSSR count). The lowest BCUT2D eigenvalue weighted by Crippen LogP contribution is -2.60. The standard InChI is InChI=1S/C42H70N11O17S/c1-21(2)30(20-55)53-35(63)22(3)46-37(65)26(9-13-32(57)58)49-40(68)27(10-14-33(59)60)50-41(69)28(11-15-34(61)62)51-42(70)29(16-18-71-4)52-39(67)25(8-12-31(45)56)48-38(66)24(7-5-6-17-43)47-36(64)23(44)19-54/h21-30,54H,5-19,43-44H2,1-4H3,(H2,45,56)(H,46,65)(H,47,64)(H,48,66)(H,49,68)(H,50,69)(H,51,70)(H,52,67)(H,53,63)(H,57,58)(H,59,60)(H,61,62)/t22-,23-,24-,25-,26-,27-,28-,29-,30+/m0/s1. The van der Waals surface area contributed by atoms with Crippen LogP contribution in [-0.4, -0.2) is 177 Å². The van der Waals surface area contributed by atoms with Gasteiger partial charge in [-0.25, -0.2) is 0 Å². The van der Waals surface area contributed by atoms with Gasteiger partial charge in [-0.1, -0.05) is 13.8 Å². The first kappa shape index (κ1) is 64.5. The Bertz CT molecular complexity index is 1860. The van der Waals surface area contributed by atoms with Gasteiger partial charge in [-0.15, -0.1) is 0 Å². The summed E-state index contributed by atoms with van der Waals surface area (Å²) in [5.41, 5.74) is 16.5. The largest absolute Gasteiger partial charge is 0.481 e. The third-order valence-electron chi connectivity index (χ3n) is 10.4. The van der Waals surface area contributed by atoms with Crippen molar-refractivity contribution in [2.45, 2.75) is 152 Å². The number of primary amides is 1. The number of hydrogen-bond acceptors (Lipinski definition) is 17. The summed E-state index contributed by atoms with van der Waals surface area (Å²) in [5, 5.41) is 56.3. The summed E-state index contributed by atoms with van der Waals surface area (Å²) < 4.78 is 0. The SMILES string of the molecule is CSCC[C@H](NC(=O)[C@H](CCC(N)=O)NC(=O)[C@H](CCCCN)NC(=O)[C@@H](N)CO)C(=O)N[C@@H](CCC(=O)O)C(=O)N[C@@H](CCC(=O)O)C(=O)N[C@@H](CCC(=O)O)C(=O)N[C@@H](C)C(=O)N[C@H]([C]=O)C(C)C. The van der Waals surface area contributed by atoms with Gasteiger partial charge in [0.05, 0.1) is 12.6 Å². The number of rotatable bonds is 38. The third kappa shape index (κ3) is 26.9. The highest BCUT2D eigenvalue weighted by molar-refractivity contribution is 7.98. The minimum Gasteiger partial charge on any atom is -0.481 e. The van der Waals surface area contributed by atoms with Gasteiger partial charge in [0.15, 0.2) is 0 Å². The van der Waals surface area contributed by atoms with E-state index in [2.05, 4.69) is 42.5 Å². The van der Waals surface area contributed by atoms with Crippen molar-refractivity contribution in [3.63, 3.8) is 0 Å². The molecule has 0 unspecified atom stereocenters. The zero-order valence-corrected chi connectivity index (χ0v) is 40.9. The van der Waals surface area contributed by atoms with E-state index in [4.69, 9.17) is 17.2 Å². The van der Waals surface area contributed by atoms with Crippen molar-refractivity contribution in [1.82, 2.24) is 42.5 Å². The molecular formula is C42H70N11O17S. The predicted molar refractivity (Wildman–Crippen MR) is 252 cm³/mol. The molecule has 0 saturated carbocycles. The van der Waals surface area contributed by atoms with Crippen LogP contribution in [0.3, 0.4) is 0 Å². The maximum atomic E-state index is 13.9. The summed E-state index contributed by atoms with van der Waals surface area (Å²) in [6.45, 7) is 3.96. The highest BCUT2D eigenvalue weighted by Crippen LogP contribution is 2.10. The van der Waals surface area contributed by atoms with Crippen LogP contribution in [0.5, 0.6) is 0 Å². The molecule has 0 fully saturated rings. The van der Waals surface area contributed by atoms with E-state index >= 15 is 0 Å². The van der Waals surface area contributed by atoms with E-state index in [1.165, 1.54) is 18.7 Å². The first-order chi connectivity index (χ1) is 33.3. The first-order valence-electron chi connectivity index (χ1n) is 22.6. The zero-order chi connectivity index (χ0) is 54.4. The highest BCUT2D eigenvalue weighted by Gasteiger charge is 2.35. The molecule has 0 aliphatic rings. The molecule has 0 aliphatic heterocycles. The van der Waals surface area contributed by atoms with Crippen molar-refractivity contribution in [3.05, 3.63) is 0 Å². The first-order valence-corrected chi connectivity index (χ1v) is 24.0. The van der Waals surface area contributed by atoms with Gasteiger partial charge in [-0.3, -0.25) is 62.3 Å². The quantitative estimate of drug-likeness (QED) is 0.0257. The molecule has 0 saturated heterocycles. The summed E-state index contributed by atoms with van der Waals surface area (Å²) in [4.78, 5) is 165. The molecule has 18 N–H and O–H groups in total. The van der Waals surface area contributed by atoms with Gasteiger partial charge in [0.25, 0.3) is 0 Å². The molecule has 0 aromatic rings. The fourth-order valence-corrected chi connectivity index (χ4v) is 6.62. The monoisotopic (exact) mass is 1030 g/mol. The number of carboxylic acids is 3.